The van der Waals surface area contributed by atoms with Gasteiger partial charge >= 0.3 is 0 Å². The molecule has 0 aliphatic heterocycles. The Morgan fingerprint density at radius 2 is 2.19 bits per heavy atom. The van der Waals surface area contributed by atoms with Gasteiger partial charge < -0.3 is 10.1 Å². The number of aromatic nitrogens is 3. The van der Waals surface area contributed by atoms with Gasteiger partial charge in [-0.3, -0.25) is 4.79 Å². The zero-order valence-electron chi connectivity index (χ0n) is 11.6. The van der Waals surface area contributed by atoms with E-state index >= 15 is 0 Å². The van der Waals surface area contributed by atoms with Gasteiger partial charge in [0.05, 0.1) is 7.11 Å². The molecular formula is C14H15N5O2. The number of rotatable bonds is 6. The Morgan fingerprint density at radius 1 is 1.43 bits per heavy atom. The summed E-state index contributed by atoms with van der Waals surface area (Å²) in [6.07, 6.45) is 2.10. The van der Waals surface area contributed by atoms with Crippen molar-refractivity contribution in [2.45, 2.75) is 13.0 Å². The van der Waals surface area contributed by atoms with E-state index in [0.717, 1.165) is 17.7 Å². The number of methoxy groups -OCH3 is 1. The second-order valence-corrected chi connectivity index (χ2v) is 4.33. The van der Waals surface area contributed by atoms with E-state index in [-0.39, 0.29) is 18.3 Å². The van der Waals surface area contributed by atoms with Crippen molar-refractivity contribution in [2.24, 2.45) is 0 Å². The highest BCUT2D eigenvalue weighted by Crippen LogP contribution is 2.11. The van der Waals surface area contributed by atoms with E-state index in [9.17, 15) is 4.79 Å². The standard InChI is InChI=1S/C14H15N5O2/c1-21-12-4-2-11(3-5-12)6-7-16-14(20)9-19-10-17-13(8-15)18-19/h2-5,10H,6-7,9H2,1H3,(H,16,20). The van der Waals surface area contributed by atoms with Crippen LogP contribution in [0.5, 0.6) is 5.75 Å². The lowest BCUT2D eigenvalue weighted by Gasteiger charge is -2.06. The van der Waals surface area contributed by atoms with E-state index in [1.54, 1.807) is 7.11 Å². The van der Waals surface area contributed by atoms with Gasteiger partial charge in [0.2, 0.25) is 5.91 Å². The molecule has 1 amide bonds. The van der Waals surface area contributed by atoms with Crippen LogP contribution in [0.25, 0.3) is 0 Å². The molecule has 1 aromatic heterocycles. The minimum atomic E-state index is -0.169. The summed E-state index contributed by atoms with van der Waals surface area (Å²) in [4.78, 5) is 15.4. The molecule has 7 nitrogen and oxygen atoms in total. The molecule has 0 saturated heterocycles. The lowest BCUT2D eigenvalue weighted by molar-refractivity contribution is -0.121. The average molecular weight is 285 g/mol. The molecule has 21 heavy (non-hydrogen) atoms. The summed E-state index contributed by atoms with van der Waals surface area (Å²) in [6.45, 7) is 0.586. The van der Waals surface area contributed by atoms with Gasteiger partial charge in [0.1, 0.15) is 24.7 Å². The van der Waals surface area contributed by atoms with Crippen LogP contribution in [0, 0.1) is 11.3 Å². The number of hydrogen-bond acceptors (Lipinski definition) is 5. The van der Waals surface area contributed by atoms with E-state index in [1.165, 1.54) is 11.0 Å². The molecule has 0 aliphatic rings. The van der Waals surface area contributed by atoms with Crippen LogP contribution in [-0.2, 0) is 17.8 Å². The minimum absolute atomic E-state index is 0.0529. The Labute approximate surface area is 122 Å². The first-order chi connectivity index (χ1) is 10.2. The molecule has 0 atom stereocenters. The highest BCUT2D eigenvalue weighted by atomic mass is 16.5. The molecule has 2 aromatic rings. The summed E-state index contributed by atoms with van der Waals surface area (Å²) in [7, 11) is 1.62. The molecular weight excluding hydrogens is 270 g/mol. The van der Waals surface area contributed by atoms with Crippen LogP contribution < -0.4 is 10.1 Å². The Bertz CT molecular complexity index is 642. The molecule has 108 valence electrons. The molecule has 2 rings (SSSR count). The molecule has 0 aliphatic carbocycles. The number of carbonyl (C=O) groups excluding carboxylic acids is 1. The molecule has 0 fully saturated rings. The maximum absolute atomic E-state index is 11.7. The third-order valence-corrected chi connectivity index (χ3v) is 2.84. The summed E-state index contributed by atoms with van der Waals surface area (Å²) < 4.78 is 6.42. The van der Waals surface area contributed by atoms with Gasteiger partial charge in [-0.25, -0.2) is 9.67 Å². The van der Waals surface area contributed by atoms with Crippen molar-refractivity contribution in [1.82, 2.24) is 20.1 Å². The quantitative estimate of drug-likeness (QED) is 0.835. The topological polar surface area (TPSA) is 92.8 Å². The molecule has 1 aromatic carbocycles. The number of amides is 1. The first-order valence-electron chi connectivity index (χ1n) is 6.40. The zero-order chi connectivity index (χ0) is 15.1. The summed E-state index contributed by atoms with van der Waals surface area (Å²) in [5.41, 5.74) is 1.11. The molecule has 0 radical (unpaired) electrons. The van der Waals surface area contributed by atoms with Gasteiger partial charge in [0.15, 0.2) is 0 Å². The van der Waals surface area contributed by atoms with Crippen LogP contribution in [-0.4, -0.2) is 34.3 Å². The predicted octanol–water partition coefficient (Wildman–Crippen LogP) is 0.517. The zero-order valence-corrected chi connectivity index (χ0v) is 11.6. The Kier molecular flexibility index (Phi) is 4.88. The maximum atomic E-state index is 11.7. The van der Waals surface area contributed by atoms with E-state index in [0.29, 0.717) is 6.54 Å². The maximum Gasteiger partial charge on any atom is 0.252 e. The Morgan fingerprint density at radius 3 is 2.81 bits per heavy atom. The number of hydrogen-bond donors (Lipinski definition) is 1. The van der Waals surface area contributed by atoms with Crippen molar-refractivity contribution in [3.05, 3.63) is 42.0 Å². The van der Waals surface area contributed by atoms with Crippen molar-refractivity contribution >= 4 is 5.91 Å². The Balaban J connectivity index is 1.74. The van der Waals surface area contributed by atoms with Gasteiger partial charge in [0.25, 0.3) is 5.82 Å². The molecule has 7 heteroatoms. The van der Waals surface area contributed by atoms with Gasteiger partial charge in [-0.1, -0.05) is 12.1 Å². The fraction of sp³-hybridized carbons (Fsp3) is 0.286. The van der Waals surface area contributed by atoms with E-state index in [2.05, 4.69) is 15.4 Å². The van der Waals surface area contributed by atoms with Crippen molar-refractivity contribution in [1.29, 1.82) is 5.26 Å². The molecule has 1 heterocycles. The lowest BCUT2D eigenvalue weighted by Crippen LogP contribution is -2.29. The highest BCUT2D eigenvalue weighted by molar-refractivity contribution is 5.75. The van der Waals surface area contributed by atoms with Crippen LogP contribution in [0.2, 0.25) is 0 Å². The number of nitriles is 1. The summed E-state index contributed by atoms with van der Waals surface area (Å²) in [5, 5.41) is 15.2. The number of nitrogens with zero attached hydrogens (tertiary/aromatic N) is 4. The van der Waals surface area contributed by atoms with Gasteiger partial charge in [-0.15, -0.1) is 5.10 Å². The molecule has 1 N–H and O–H groups in total. The van der Waals surface area contributed by atoms with Crippen LogP contribution >= 0.6 is 0 Å². The lowest BCUT2D eigenvalue weighted by atomic mass is 10.1. The van der Waals surface area contributed by atoms with Crippen molar-refractivity contribution in [2.75, 3.05) is 13.7 Å². The summed E-state index contributed by atoms with van der Waals surface area (Å²) >= 11 is 0. The third kappa shape index (κ3) is 4.31. The summed E-state index contributed by atoms with van der Waals surface area (Å²) in [6, 6.07) is 9.50. The van der Waals surface area contributed by atoms with Crippen LogP contribution in [0.4, 0.5) is 0 Å². The van der Waals surface area contributed by atoms with E-state index < -0.39 is 0 Å². The largest absolute Gasteiger partial charge is 0.497 e. The fourth-order valence-electron chi connectivity index (χ4n) is 1.76. The van der Waals surface area contributed by atoms with Crippen molar-refractivity contribution < 1.29 is 9.53 Å². The second-order valence-electron chi connectivity index (χ2n) is 4.33. The second kappa shape index (κ2) is 7.05. The fourth-order valence-corrected chi connectivity index (χ4v) is 1.76. The number of benzene rings is 1. The Hall–Kier alpha value is -2.88. The monoisotopic (exact) mass is 285 g/mol. The van der Waals surface area contributed by atoms with Gasteiger partial charge in [-0.05, 0) is 24.1 Å². The molecule has 0 saturated carbocycles. The smallest absolute Gasteiger partial charge is 0.252 e. The van der Waals surface area contributed by atoms with E-state index in [1.807, 2.05) is 30.3 Å². The molecule has 0 unspecified atom stereocenters. The van der Waals surface area contributed by atoms with Crippen LogP contribution in [0.15, 0.2) is 30.6 Å². The number of nitrogens with one attached hydrogen (secondary N) is 1. The first-order valence-corrected chi connectivity index (χ1v) is 6.40. The van der Waals surface area contributed by atoms with Gasteiger partial charge in [0, 0.05) is 6.54 Å². The average Bonchev–Trinajstić information content (AvgIpc) is 2.95. The van der Waals surface area contributed by atoms with Crippen LogP contribution in [0.3, 0.4) is 0 Å². The molecule has 0 bridgehead atoms. The van der Waals surface area contributed by atoms with E-state index in [4.69, 9.17) is 10.00 Å². The molecule has 0 spiro atoms. The summed E-state index contributed by atoms with van der Waals surface area (Å²) in [5.74, 6) is 0.696. The predicted molar refractivity (Wildman–Crippen MR) is 74.4 cm³/mol. The highest BCUT2D eigenvalue weighted by Gasteiger charge is 2.05. The number of carbonyl (C=O) groups is 1. The van der Waals surface area contributed by atoms with Gasteiger partial charge in [-0.2, -0.15) is 5.26 Å². The first kappa shape index (κ1) is 14.5. The van der Waals surface area contributed by atoms with Crippen molar-refractivity contribution in [3.8, 4) is 11.8 Å². The van der Waals surface area contributed by atoms with Crippen LogP contribution in [0.1, 0.15) is 11.4 Å². The minimum Gasteiger partial charge on any atom is -0.497 e. The SMILES string of the molecule is COc1ccc(CCNC(=O)Cn2cnc(C#N)n2)cc1. The normalized spacial score (nSPS) is 9.90. The van der Waals surface area contributed by atoms with Crippen molar-refractivity contribution in [3.63, 3.8) is 0 Å². The third-order valence-electron chi connectivity index (χ3n) is 2.84. The number of ether oxygens (including phenoxy) is 1.